The van der Waals surface area contributed by atoms with Gasteiger partial charge in [-0.15, -0.1) is 0 Å². The van der Waals surface area contributed by atoms with Crippen molar-refractivity contribution >= 4 is 0 Å². The highest BCUT2D eigenvalue weighted by Crippen LogP contribution is 2.12. The second kappa shape index (κ2) is 6.77. The second-order valence-electron chi connectivity index (χ2n) is 4.91. The smallest absolute Gasteiger partial charge is 0.0738 e. The maximum Gasteiger partial charge on any atom is 0.0738 e. The van der Waals surface area contributed by atoms with Crippen LogP contribution >= 0.6 is 0 Å². The summed E-state index contributed by atoms with van der Waals surface area (Å²) in [6, 6.07) is 10.6. The highest BCUT2D eigenvalue weighted by Gasteiger charge is 2.16. The van der Waals surface area contributed by atoms with Gasteiger partial charge in [-0.25, -0.2) is 0 Å². The van der Waals surface area contributed by atoms with Gasteiger partial charge in [-0.05, 0) is 37.9 Å². The first kappa shape index (κ1) is 12.6. The van der Waals surface area contributed by atoms with E-state index in [1.807, 2.05) is 7.11 Å². The van der Waals surface area contributed by atoms with Gasteiger partial charge in [0, 0.05) is 13.7 Å². The summed E-state index contributed by atoms with van der Waals surface area (Å²) in [6.07, 6.45) is 5.44. The van der Waals surface area contributed by atoms with Crippen molar-refractivity contribution in [3.63, 3.8) is 0 Å². The number of piperidine rings is 1. The first-order valence-corrected chi connectivity index (χ1v) is 6.67. The molecule has 0 aromatic heterocycles. The van der Waals surface area contributed by atoms with Gasteiger partial charge in [0.15, 0.2) is 0 Å². The zero-order valence-corrected chi connectivity index (χ0v) is 10.8. The lowest BCUT2D eigenvalue weighted by Crippen LogP contribution is -2.38. The van der Waals surface area contributed by atoms with Gasteiger partial charge in [0.25, 0.3) is 0 Å². The van der Waals surface area contributed by atoms with Crippen molar-refractivity contribution in [3.05, 3.63) is 35.9 Å². The Morgan fingerprint density at radius 1 is 1.12 bits per heavy atom. The Bertz CT molecular complexity index is 306. The van der Waals surface area contributed by atoms with Crippen LogP contribution in [-0.4, -0.2) is 37.7 Å². The third-order valence-electron chi connectivity index (χ3n) is 3.55. The molecule has 0 spiro atoms. The van der Waals surface area contributed by atoms with Crippen molar-refractivity contribution in [2.24, 2.45) is 0 Å². The minimum absolute atomic E-state index is 0.329. The summed E-state index contributed by atoms with van der Waals surface area (Å²) in [7, 11) is 1.83. The molecule has 0 radical (unpaired) electrons. The van der Waals surface area contributed by atoms with E-state index in [1.54, 1.807) is 0 Å². The van der Waals surface area contributed by atoms with Crippen LogP contribution in [-0.2, 0) is 11.2 Å². The molecule has 0 N–H and O–H groups in total. The number of rotatable bonds is 5. The van der Waals surface area contributed by atoms with E-state index in [4.69, 9.17) is 4.74 Å². The van der Waals surface area contributed by atoms with Crippen LogP contribution in [0.4, 0.5) is 0 Å². The Hall–Kier alpha value is -0.860. The van der Waals surface area contributed by atoms with Crippen molar-refractivity contribution in [1.82, 2.24) is 4.90 Å². The monoisotopic (exact) mass is 233 g/mol. The van der Waals surface area contributed by atoms with E-state index in [9.17, 15) is 0 Å². The van der Waals surface area contributed by atoms with Crippen molar-refractivity contribution in [1.29, 1.82) is 0 Å². The SMILES string of the molecule is COC(Cc1ccccc1)CN1CCCCC1. The molecule has 1 aliphatic rings. The van der Waals surface area contributed by atoms with E-state index in [-0.39, 0.29) is 0 Å². The molecule has 1 atom stereocenters. The van der Waals surface area contributed by atoms with Crippen LogP contribution in [0.25, 0.3) is 0 Å². The Kier molecular flexibility index (Phi) is 5.02. The Balaban J connectivity index is 1.83. The molecule has 1 fully saturated rings. The van der Waals surface area contributed by atoms with Crippen LogP contribution in [0.2, 0.25) is 0 Å². The molecule has 1 unspecified atom stereocenters. The van der Waals surface area contributed by atoms with Crippen LogP contribution in [0.15, 0.2) is 30.3 Å². The number of nitrogens with zero attached hydrogens (tertiary/aromatic N) is 1. The standard InChI is InChI=1S/C15H23NO/c1-17-15(12-14-8-4-2-5-9-14)13-16-10-6-3-7-11-16/h2,4-5,8-9,15H,3,6-7,10-13H2,1H3. The molecule has 0 bridgehead atoms. The van der Waals surface area contributed by atoms with Gasteiger partial charge in [-0.1, -0.05) is 36.8 Å². The van der Waals surface area contributed by atoms with Crippen molar-refractivity contribution in [2.75, 3.05) is 26.7 Å². The fourth-order valence-corrected chi connectivity index (χ4v) is 2.53. The Morgan fingerprint density at radius 3 is 2.47 bits per heavy atom. The maximum absolute atomic E-state index is 5.62. The number of benzene rings is 1. The molecular weight excluding hydrogens is 210 g/mol. The van der Waals surface area contributed by atoms with Crippen molar-refractivity contribution < 1.29 is 4.74 Å². The van der Waals surface area contributed by atoms with E-state index in [1.165, 1.54) is 37.9 Å². The molecule has 0 saturated carbocycles. The summed E-state index contributed by atoms with van der Waals surface area (Å²) in [4.78, 5) is 2.54. The molecule has 1 aliphatic heterocycles. The number of hydrogen-bond acceptors (Lipinski definition) is 2. The first-order valence-electron chi connectivity index (χ1n) is 6.67. The molecule has 0 aliphatic carbocycles. The molecule has 17 heavy (non-hydrogen) atoms. The lowest BCUT2D eigenvalue weighted by molar-refractivity contribution is 0.0578. The highest BCUT2D eigenvalue weighted by atomic mass is 16.5. The molecule has 1 aromatic carbocycles. The van der Waals surface area contributed by atoms with E-state index >= 15 is 0 Å². The summed E-state index contributed by atoms with van der Waals surface area (Å²) in [5.41, 5.74) is 1.37. The predicted molar refractivity (Wildman–Crippen MR) is 71.2 cm³/mol. The molecule has 2 rings (SSSR count). The summed E-state index contributed by atoms with van der Waals surface area (Å²) in [5, 5.41) is 0. The zero-order valence-electron chi connectivity index (χ0n) is 10.8. The van der Waals surface area contributed by atoms with E-state index in [0.717, 1.165) is 13.0 Å². The minimum atomic E-state index is 0.329. The van der Waals surface area contributed by atoms with Gasteiger partial charge >= 0.3 is 0 Å². The van der Waals surface area contributed by atoms with Crippen LogP contribution in [0.1, 0.15) is 24.8 Å². The lowest BCUT2D eigenvalue weighted by Gasteiger charge is -2.29. The fraction of sp³-hybridized carbons (Fsp3) is 0.600. The van der Waals surface area contributed by atoms with Crippen LogP contribution in [0.5, 0.6) is 0 Å². The molecule has 2 heteroatoms. The lowest BCUT2D eigenvalue weighted by atomic mass is 10.1. The normalized spacial score (nSPS) is 19.1. The van der Waals surface area contributed by atoms with Gasteiger partial charge < -0.3 is 9.64 Å². The number of ether oxygens (including phenoxy) is 1. The molecule has 0 amide bonds. The first-order chi connectivity index (χ1) is 8.38. The van der Waals surface area contributed by atoms with E-state index in [2.05, 4.69) is 35.2 Å². The van der Waals surface area contributed by atoms with Gasteiger partial charge in [0.1, 0.15) is 0 Å². The molecule has 1 heterocycles. The van der Waals surface area contributed by atoms with Gasteiger partial charge in [0.05, 0.1) is 6.10 Å². The summed E-state index contributed by atoms with van der Waals surface area (Å²) >= 11 is 0. The van der Waals surface area contributed by atoms with Gasteiger partial charge in [0.2, 0.25) is 0 Å². The summed E-state index contributed by atoms with van der Waals surface area (Å²) in [6.45, 7) is 3.56. The summed E-state index contributed by atoms with van der Waals surface area (Å²) in [5.74, 6) is 0. The third kappa shape index (κ3) is 4.14. The highest BCUT2D eigenvalue weighted by molar-refractivity contribution is 5.15. The second-order valence-corrected chi connectivity index (χ2v) is 4.91. The maximum atomic E-state index is 5.62. The number of hydrogen-bond donors (Lipinski definition) is 0. The number of likely N-dealkylation sites (tertiary alicyclic amines) is 1. The fourth-order valence-electron chi connectivity index (χ4n) is 2.53. The Morgan fingerprint density at radius 2 is 1.82 bits per heavy atom. The zero-order chi connectivity index (χ0) is 11.9. The van der Waals surface area contributed by atoms with Crippen molar-refractivity contribution in [3.8, 4) is 0 Å². The molecule has 1 aromatic rings. The Labute approximate surface area is 105 Å². The predicted octanol–water partition coefficient (Wildman–Crippen LogP) is 2.73. The van der Waals surface area contributed by atoms with Gasteiger partial charge in [-0.2, -0.15) is 0 Å². The average molecular weight is 233 g/mol. The topological polar surface area (TPSA) is 12.5 Å². The summed E-state index contributed by atoms with van der Waals surface area (Å²) < 4.78 is 5.62. The van der Waals surface area contributed by atoms with Crippen LogP contribution in [0.3, 0.4) is 0 Å². The molecule has 94 valence electrons. The van der Waals surface area contributed by atoms with Crippen molar-refractivity contribution in [2.45, 2.75) is 31.8 Å². The minimum Gasteiger partial charge on any atom is -0.380 e. The van der Waals surface area contributed by atoms with E-state index in [0.29, 0.717) is 6.10 Å². The average Bonchev–Trinajstić information content (AvgIpc) is 2.40. The van der Waals surface area contributed by atoms with Gasteiger partial charge in [-0.3, -0.25) is 0 Å². The van der Waals surface area contributed by atoms with E-state index < -0.39 is 0 Å². The largest absolute Gasteiger partial charge is 0.380 e. The molecular formula is C15H23NO. The van der Waals surface area contributed by atoms with Crippen LogP contribution in [0, 0.1) is 0 Å². The van der Waals surface area contributed by atoms with Crippen LogP contribution < -0.4 is 0 Å². The quantitative estimate of drug-likeness (QED) is 0.775. The molecule has 2 nitrogen and oxygen atoms in total. The third-order valence-corrected chi connectivity index (χ3v) is 3.55. The number of methoxy groups -OCH3 is 1. The molecule has 1 saturated heterocycles.